The van der Waals surface area contributed by atoms with Gasteiger partial charge in [-0.05, 0) is 39.7 Å². The summed E-state index contributed by atoms with van der Waals surface area (Å²) in [7, 11) is 0. The Kier molecular flexibility index (Phi) is 4.12. The number of alkyl halides is 1. The average molecular weight is 405 g/mol. The number of nitrogens with zero attached hydrogens (tertiary/aromatic N) is 2. The lowest BCUT2D eigenvalue weighted by atomic mass is 9.78. The third-order valence-electron chi connectivity index (χ3n) is 5.07. The molecule has 130 valence electrons. The van der Waals surface area contributed by atoms with Gasteiger partial charge >= 0.3 is 0 Å². The number of aliphatic hydroxyl groups excluding tert-OH is 1. The summed E-state index contributed by atoms with van der Waals surface area (Å²) in [6, 6.07) is 10.9. The molecule has 1 N–H and O–H groups in total. The molecule has 0 bridgehead atoms. The normalized spacial score (nSPS) is 28.0. The number of aliphatic hydroxyl groups is 1. The Morgan fingerprint density at radius 3 is 2.76 bits per heavy atom. The topological polar surface area (TPSA) is 53.4 Å². The van der Waals surface area contributed by atoms with Crippen LogP contribution in [0.25, 0.3) is 0 Å². The summed E-state index contributed by atoms with van der Waals surface area (Å²) >= 11 is 3.50. The Balaban J connectivity index is 1.67. The fraction of sp³-hybridized carbons (Fsp3) is 0.368. The number of hydrogen-bond donors (Lipinski definition) is 1. The van der Waals surface area contributed by atoms with Gasteiger partial charge in [0, 0.05) is 35.5 Å². The van der Waals surface area contributed by atoms with Crippen LogP contribution in [0.4, 0.5) is 4.39 Å². The highest BCUT2D eigenvalue weighted by atomic mass is 79.9. The standard InChI is InChI=1S/C19H18BrFN2O2/c20-15-6-3-7-22-16(15)8-17-13-4-1-2-5-14(13)18(25)23(17)11-19(21)9-12(24)10-19/h1-7,12,17,24H,8-11H2. The molecule has 4 rings (SSSR count). The van der Waals surface area contributed by atoms with Gasteiger partial charge < -0.3 is 10.0 Å². The van der Waals surface area contributed by atoms with Crippen molar-refractivity contribution in [1.82, 2.24) is 9.88 Å². The van der Waals surface area contributed by atoms with Crippen LogP contribution in [-0.4, -0.2) is 39.2 Å². The summed E-state index contributed by atoms with van der Waals surface area (Å²) < 4.78 is 15.7. The first-order valence-electron chi connectivity index (χ1n) is 8.33. The summed E-state index contributed by atoms with van der Waals surface area (Å²) in [6.07, 6.45) is 1.81. The number of amides is 1. The summed E-state index contributed by atoms with van der Waals surface area (Å²) in [5.41, 5.74) is 0.872. The Labute approximate surface area is 153 Å². The van der Waals surface area contributed by atoms with E-state index in [0.717, 1.165) is 15.7 Å². The zero-order chi connectivity index (χ0) is 17.6. The zero-order valence-corrected chi connectivity index (χ0v) is 15.1. The number of benzene rings is 1. The molecule has 6 heteroatoms. The van der Waals surface area contributed by atoms with Crippen molar-refractivity contribution in [2.75, 3.05) is 6.54 Å². The van der Waals surface area contributed by atoms with Crippen molar-refractivity contribution in [2.45, 2.75) is 37.1 Å². The molecule has 2 heterocycles. The quantitative estimate of drug-likeness (QED) is 0.848. The van der Waals surface area contributed by atoms with E-state index in [2.05, 4.69) is 20.9 Å². The molecule has 25 heavy (non-hydrogen) atoms. The first-order valence-corrected chi connectivity index (χ1v) is 9.12. The number of fused-ring (bicyclic) bond motifs is 1. The first-order chi connectivity index (χ1) is 12.0. The fourth-order valence-electron chi connectivity index (χ4n) is 3.82. The van der Waals surface area contributed by atoms with Crippen molar-refractivity contribution in [3.05, 3.63) is 63.9 Å². The molecular formula is C19H18BrFN2O2. The molecule has 1 unspecified atom stereocenters. The number of aromatic nitrogens is 1. The molecule has 1 aromatic heterocycles. The highest BCUT2D eigenvalue weighted by Gasteiger charge is 2.49. The van der Waals surface area contributed by atoms with Crippen LogP contribution in [0.3, 0.4) is 0 Å². The van der Waals surface area contributed by atoms with Crippen LogP contribution in [-0.2, 0) is 6.42 Å². The highest BCUT2D eigenvalue weighted by Crippen LogP contribution is 2.43. The van der Waals surface area contributed by atoms with Crippen LogP contribution in [0.2, 0.25) is 0 Å². The molecule has 1 amide bonds. The molecule has 1 aliphatic carbocycles. The minimum Gasteiger partial charge on any atom is -0.393 e. The molecule has 4 nitrogen and oxygen atoms in total. The Morgan fingerprint density at radius 2 is 2.04 bits per heavy atom. The number of hydrogen-bond acceptors (Lipinski definition) is 3. The predicted octanol–water partition coefficient (Wildman–Crippen LogP) is 3.45. The van der Waals surface area contributed by atoms with Gasteiger partial charge in [-0.15, -0.1) is 0 Å². The summed E-state index contributed by atoms with van der Waals surface area (Å²) in [5, 5.41) is 9.47. The van der Waals surface area contributed by atoms with E-state index in [-0.39, 0.29) is 31.3 Å². The molecule has 1 aliphatic heterocycles. The first kappa shape index (κ1) is 16.7. The number of pyridine rings is 1. The lowest BCUT2D eigenvalue weighted by Crippen LogP contribution is -2.52. The average Bonchev–Trinajstić information content (AvgIpc) is 2.82. The van der Waals surface area contributed by atoms with E-state index in [1.54, 1.807) is 17.2 Å². The number of carbonyl (C=O) groups excluding carboxylic acids is 1. The van der Waals surface area contributed by atoms with E-state index < -0.39 is 11.8 Å². The van der Waals surface area contributed by atoms with Crippen molar-refractivity contribution in [2.24, 2.45) is 0 Å². The lowest BCUT2D eigenvalue weighted by molar-refractivity contribution is -0.0726. The largest absolute Gasteiger partial charge is 0.393 e. The minimum atomic E-state index is -1.50. The molecule has 0 saturated heterocycles. The van der Waals surface area contributed by atoms with Crippen molar-refractivity contribution in [1.29, 1.82) is 0 Å². The van der Waals surface area contributed by atoms with Crippen molar-refractivity contribution in [3.8, 4) is 0 Å². The zero-order valence-electron chi connectivity index (χ0n) is 13.5. The summed E-state index contributed by atoms with van der Waals surface area (Å²) in [5.74, 6) is -0.147. The molecule has 1 aromatic carbocycles. The van der Waals surface area contributed by atoms with E-state index in [1.807, 2.05) is 30.3 Å². The molecular weight excluding hydrogens is 387 g/mol. The van der Waals surface area contributed by atoms with Gasteiger partial charge in [0.05, 0.1) is 24.4 Å². The van der Waals surface area contributed by atoms with E-state index >= 15 is 0 Å². The van der Waals surface area contributed by atoms with Crippen LogP contribution < -0.4 is 0 Å². The van der Waals surface area contributed by atoms with Gasteiger partial charge in [0.25, 0.3) is 5.91 Å². The molecule has 0 radical (unpaired) electrons. The molecule has 0 spiro atoms. The monoisotopic (exact) mass is 404 g/mol. The maximum absolute atomic E-state index is 14.8. The summed E-state index contributed by atoms with van der Waals surface area (Å²) in [6.45, 7) is 0.00664. The van der Waals surface area contributed by atoms with Gasteiger partial charge in [0.2, 0.25) is 0 Å². The van der Waals surface area contributed by atoms with Gasteiger partial charge in [-0.25, -0.2) is 4.39 Å². The van der Waals surface area contributed by atoms with E-state index in [9.17, 15) is 14.3 Å². The fourth-order valence-corrected chi connectivity index (χ4v) is 4.24. The van der Waals surface area contributed by atoms with Gasteiger partial charge in [0.15, 0.2) is 0 Å². The molecule has 1 fully saturated rings. The maximum Gasteiger partial charge on any atom is 0.254 e. The van der Waals surface area contributed by atoms with Crippen molar-refractivity contribution >= 4 is 21.8 Å². The van der Waals surface area contributed by atoms with Crippen LogP contribution in [0.15, 0.2) is 47.1 Å². The number of rotatable bonds is 4. The van der Waals surface area contributed by atoms with Gasteiger partial charge in [0.1, 0.15) is 5.67 Å². The Bertz CT molecular complexity index is 823. The molecule has 2 aliphatic rings. The third kappa shape index (κ3) is 2.98. The second-order valence-corrected chi connectivity index (χ2v) is 7.74. The van der Waals surface area contributed by atoms with Gasteiger partial charge in [-0.3, -0.25) is 9.78 Å². The Hall–Kier alpha value is -1.79. The second kappa shape index (κ2) is 6.18. The number of carbonyl (C=O) groups is 1. The maximum atomic E-state index is 14.8. The van der Waals surface area contributed by atoms with Gasteiger partial charge in [-0.2, -0.15) is 0 Å². The van der Waals surface area contributed by atoms with Crippen LogP contribution >= 0.6 is 15.9 Å². The molecule has 1 saturated carbocycles. The highest BCUT2D eigenvalue weighted by molar-refractivity contribution is 9.10. The Morgan fingerprint density at radius 1 is 1.28 bits per heavy atom. The van der Waals surface area contributed by atoms with Crippen LogP contribution in [0, 0.1) is 0 Å². The molecule has 1 atom stereocenters. The van der Waals surface area contributed by atoms with E-state index in [1.165, 1.54) is 0 Å². The second-order valence-electron chi connectivity index (χ2n) is 6.89. The van der Waals surface area contributed by atoms with E-state index in [4.69, 9.17) is 0 Å². The summed E-state index contributed by atoms with van der Waals surface area (Å²) in [4.78, 5) is 18.9. The van der Waals surface area contributed by atoms with Gasteiger partial charge in [-0.1, -0.05) is 18.2 Å². The minimum absolute atomic E-state index is 0.00664. The predicted molar refractivity (Wildman–Crippen MR) is 94.9 cm³/mol. The third-order valence-corrected chi connectivity index (χ3v) is 5.79. The smallest absolute Gasteiger partial charge is 0.254 e. The van der Waals surface area contributed by atoms with E-state index in [0.29, 0.717) is 12.0 Å². The van der Waals surface area contributed by atoms with Crippen LogP contribution in [0.1, 0.15) is 40.5 Å². The van der Waals surface area contributed by atoms with Crippen molar-refractivity contribution in [3.63, 3.8) is 0 Å². The SMILES string of the molecule is O=C1c2ccccc2C(Cc2ncccc2Br)N1CC1(F)CC(O)C1. The lowest BCUT2D eigenvalue weighted by Gasteiger charge is -2.42. The number of halogens is 2. The van der Waals surface area contributed by atoms with Crippen LogP contribution in [0.5, 0.6) is 0 Å². The van der Waals surface area contributed by atoms with Crippen molar-refractivity contribution < 1.29 is 14.3 Å². The molecule has 2 aromatic rings.